The van der Waals surface area contributed by atoms with Gasteiger partial charge >= 0.3 is 0 Å². The Morgan fingerprint density at radius 3 is 1.34 bits per heavy atom. The lowest BCUT2D eigenvalue weighted by molar-refractivity contribution is 0.376. The Morgan fingerprint density at radius 2 is 0.974 bits per heavy atom. The van der Waals surface area contributed by atoms with Crippen LogP contribution < -0.4 is 0 Å². The van der Waals surface area contributed by atoms with Crippen molar-refractivity contribution >= 4 is 22.1 Å². The molecule has 0 unspecified atom stereocenters. The molecule has 0 saturated heterocycles. The van der Waals surface area contributed by atoms with Crippen molar-refractivity contribution in [2.24, 2.45) is 24.9 Å². The summed E-state index contributed by atoms with van der Waals surface area (Å²) >= 11 is 0. The molecule has 38 heavy (non-hydrogen) atoms. The molecule has 0 radical (unpaired) electrons. The number of aromatic nitrogens is 5. The van der Waals surface area contributed by atoms with E-state index in [0.717, 1.165) is 70.8 Å². The van der Waals surface area contributed by atoms with Gasteiger partial charge in [-0.1, -0.05) is 71.9 Å². The zero-order chi connectivity index (χ0) is 27.2. The fourth-order valence-electron chi connectivity index (χ4n) is 5.10. The minimum Gasteiger partial charge on any atom is -0.326 e. The largest absolute Gasteiger partial charge is 0.326 e. The van der Waals surface area contributed by atoms with E-state index in [9.17, 15) is 0 Å². The summed E-state index contributed by atoms with van der Waals surface area (Å²) in [5, 5.41) is 0. The van der Waals surface area contributed by atoms with Crippen molar-refractivity contribution in [1.29, 1.82) is 0 Å². The van der Waals surface area contributed by atoms with Gasteiger partial charge in [0, 0.05) is 14.1 Å². The van der Waals surface area contributed by atoms with Crippen molar-refractivity contribution in [3.05, 3.63) is 65.7 Å². The number of para-hydroxylation sites is 4. The molecule has 0 fully saturated rings. The third kappa shape index (κ3) is 5.24. The van der Waals surface area contributed by atoms with E-state index in [1.54, 1.807) is 0 Å². The average molecular weight is 508 g/mol. The Hall–Kier alpha value is -3.47. The summed E-state index contributed by atoms with van der Waals surface area (Å²) in [6.45, 7) is 13.9. The van der Waals surface area contributed by atoms with Gasteiger partial charge in [0.25, 0.3) is 0 Å². The van der Waals surface area contributed by atoms with Crippen LogP contribution in [0.1, 0.15) is 65.5 Å². The van der Waals surface area contributed by atoms with Crippen LogP contribution in [0.2, 0.25) is 0 Å². The molecule has 0 spiro atoms. The van der Waals surface area contributed by atoms with Gasteiger partial charge in [0.2, 0.25) is 0 Å². The van der Waals surface area contributed by atoms with E-state index in [1.165, 1.54) is 11.1 Å². The van der Waals surface area contributed by atoms with E-state index in [-0.39, 0.29) is 10.8 Å². The van der Waals surface area contributed by atoms with Crippen molar-refractivity contribution in [3.63, 3.8) is 0 Å². The van der Waals surface area contributed by atoms with Gasteiger partial charge in [-0.3, -0.25) is 0 Å². The number of rotatable bonds is 6. The summed E-state index contributed by atoms with van der Waals surface area (Å²) in [7, 11) is 4.20. The quantitative estimate of drug-likeness (QED) is 0.233. The zero-order valence-corrected chi connectivity index (χ0v) is 24.3. The number of hydrogen-bond donors (Lipinski definition) is 0. The van der Waals surface area contributed by atoms with Gasteiger partial charge in [-0.2, -0.15) is 0 Å². The van der Waals surface area contributed by atoms with Crippen LogP contribution in [0.25, 0.3) is 45.1 Å². The van der Waals surface area contributed by atoms with E-state index >= 15 is 0 Å². The molecule has 2 aromatic carbocycles. The maximum Gasteiger partial charge on any atom is 0.159 e. The Morgan fingerprint density at radius 1 is 0.579 bits per heavy atom. The smallest absolute Gasteiger partial charge is 0.159 e. The highest BCUT2D eigenvalue weighted by atomic mass is 15.1. The molecule has 0 aliphatic heterocycles. The zero-order valence-electron chi connectivity index (χ0n) is 24.3. The van der Waals surface area contributed by atoms with Crippen LogP contribution in [0, 0.1) is 10.8 Å². The minimum absolute atomic E-state index is 0.227. The van der Waals surface area contributed by atoms with E-state index in [0.29, 0.717) is 0 Å². The lowest BCUT2D eigenvalue weighted by Gasteiger charge is -2.22. The van der Waals surface area contributed by atoms with Crippen molar-refractivity contribution in [3.8, 4) is 23.0 Å². The molecule has 5 nitrogen and oxygen atoms in total. The summed E-state index contributed by atoms with van der Waals surface area (Å²) in [6, 6.07) is 19.1. The van der Waals surface area contributed by atoms with E-state index < -0.39 is 0 Å². The van der Waals surface area contributed by atoms with Crippen LogP contribution in [0.4, 0.5) is 0 Å². The summed E-state index contributed by atoms with van der Waals surface area (Å²) < 4.78 is 4.37. The highest BCUT2D eigenvalue weighted by Gasteiger charge is 2.24. The molecule has 0 amide bonds. The second-order valence-electron chi connectivity index (χ2n) is 13.1. The van der Waals surface area contributed by atoms with Crippen molar-refractivity contribution in [1.82, 2.24) is 24.1 Å². The Kier molecular flexibility index (Phi) is 6.66. The monoisotopic (exact) mass is 507 g/mol. The number of nitrogens with zero attached hydrogens (tertiary/aromatic N) is 5. The van der Waals surface area contributed by atoms with Gasteiger partial charge in [-0.05, 0) is 71.9 Å². The fraction of sp³-hybridized carbons (Fsp3) is 0.424. The predicted molar refractivity (Wildman–Crippen MR) is 159 cm³/mol. The number of fused-ring (bicyclic) bond motifs is 2. The third-order valence-corrected chi connectivity index (χ3v) is 7.47. The van der Waals surface area contributed by atoms with Gasteiger partial charge in [0.15, 0.2) is 11.6 Å². The molecule has 5 heteroatoms. The molecule has 0 atom stereocenters. The number of hydrogen-bond acceptors (Lipinski definition) is 3. The summed E-state index contributed by atoms with van der Waals surface area (Å²) in [4.78, 5) is 15.6. The van der Waals surface area contributed by atoms with Crippen LogP contribution in [-0.2, 0) is 26.9 Å². The molecule has 0 saturated carbocycles. The number of pyridine rings is 1. The lowest BCUT2D eigenvalue weighted by atomic mass is 9.86. The molecule has 0 aliphatic carbocycles. The molecule has 0 bridgehead atoms. The van der Waals surface area contributed by atoms with Gasteiger partial charge in [0.05, 0.1) is 22.1 Å². The first-order valence-corrected chi connectivity index (χ1v) is 13.8. The molecule has 5 aromatic rings. The van der Waals surface area contributed by atoms with Gasteiger partial charge in [-0.15, -0.1) is 0 Å². The normalized spacial score (nSPS) is 12.6. The summed E-state index contributed by atoms with van der Waals surface area (Å²) in [6.07, 6.45) is 4.08. The Labute approximate surface area is 227 Å². The van der Waals surface area contributed by atoms with Crippen LogP contribution in [0.15, 0.2) is 54.6 Å². The summed E-state index contributed by atoms with van der Waals surface area (Å²) in [5.41, 5.74) is 9.15. The SMILES string of the molecule is Cn1c(-c2nc(-c3nc4ccccc4n3C)c(CCC(C)(C)C)cc2CCC(C)(C)C)nc2ccccc21. The first kappa shape index (κ1) is 26.1. The maximum atomic E-state index is 5.46. The van der Waals surface area contributed by atoms with Gasteiger partial charge in [0.1, 0.15) is 11.4 Å². The summed E-state index contributed by atoms with van der Waals surface area (Å²) in [5.74, 6) is 1.83. The van der Waals surface area contributed by atoms with Crippen LogP contribution in [0.3, 0.4) is 0 Å². The molecule has 3 heterocycles. The molecule has 5 rings (SSSR count). The molecule has 198 valence electrons. The van der Waals surface area contributed by atoms with E-state index in [4.69, 9.17) is 15.0 Å². The number of benzene rings is 2. The van der Waals surface area contributed by atoms with Crippen molar-refractivity contribution in [2.75, 3.05) is 0 Å². The maximum absolute atomic E-state index is 5.46. The molecular weight excluding hydrogens is 466 g/mol. The highest BCUT2D eigenvalue weighted by molar-refractivity contribution is 5.83. The van der Waals surface area contributed by atoms with Gasteiger partial charge in [-0.25, -0.2) is 15.0 Å². The van der Waals surface area contributed by atoms with Gasteiger partial charge < -0.3 is 9.13 Å². The number of aryl methyl sites for hydroxylation is 4. The van der Waals surface area contributed by atoms with Crippen molar-refractivity contribution < 1.29 is 0 Å². The van der Waals surface area contributed by atoms with E-state index in [1.807, 2.05) is 12.1 Å². The molecular formula is C33H41N5. The molecule has 0 aliphatic rings. The van der Waals surface area contributed by atoms with E-state index in [2.05, 4.69) is 107 Å². The second-order valence-corrected chi connectivity index (χ2v) is 13.1. The minimum atomic E-state index is 0.227. The first-order valence-electron chi connectivity index (χ1n) is 13.8. The number of imidazole rings is 2. The average Bonchev–Trinajstić information content (AvgIpc) is 3.37. The van der Waals surface area contributed by atoms with Crippen LogP contribution in [-0.4, -0.2) is 24.1 Å². The Balaban J connectivity index is 1.76. The Bertz CT molecular complexity index is 1490. The van der Waals surface area contributed by atoms with Crippen molar-refractivity contribution in [2.45, 2.75) is 67.2 Å². The van der Waals surface area contributed by atoms with Crippen LogP contribution >= 0.6 is 0 Å². The second kappa shape index (κ2) is 9.68. The highest BCUT2D eigenvalue weighted by Crippen LogP contribution is 2.35. The fourth-order valence-corrected chi connectivity index (χ4v) is 5.10. The standard InChI is InChI=1S/C33H41N5/c1-32(2,3)19-17-22-21-23(18-20-33(4,5)6)29(31-35-25-14-10-12-16-27(25)38(31)8)36-28(22)30-34-24-13-9-11-15-26(24)37(30)7/h9-16,21H,17-20H2,1-8H3. The topological polar surface area (TPSA) is 48.5 Å². The van der Waals surface area contributed by atoms with Crippen LogP contribution in [0.5, 0.6) is 0 Å². The molecule has 3 aromatic heterocycles. The third-order valence-electron chi connectivity index (χ3n) is 7.47. The first-order chi connectivity index (χ1) is 17.9. The molecule has 0 N–H and O–H groups in total. The predicted octanol–water partition coefficient (Wildman–Crippen LogP) is 8.15. The lowest BCUT2D eigenvalue weighted by Crippen LogP contribution is -2.12.